The van der Waals surface area contributed by atoms with Crippen molar-refractivity contribution in [1.29, 1.82) is 0 Å². The minimum Gasteiger partial charge on any atom is -0.444 e. The number of aliphatic hydroxyl groups is 1. The topological polar surface area (TPSA) is 80.2 Å². The molecule has 3 rings (SSSR count). The van der Waals surface area contributed by atoms with Crippen LogP contribution >= 0.6 is 0 Å². The zero-order valence-corrected chi connectivity index (χ0v) is 15.2. The number of likely N-dealkylation sites (tertiary alicyclic amines) is 1. The summed E-state index contributed by atoms with van der Waals surface area (Å²) in [4.78, 5) is 6.52. The third-order valence-corrected chi connectivity index (χ3v) is 4.49. The Bertz CT molecular complexity index is 700. The average Bonchev–Trinajstić information content (AvgIpc) is 3.18. The first kappa shape index (κ1) is 17.1. The molecular weight excluding hydrogens is 306 g/mol. The molecule has 2 aromatic rings. The van der Waals surface area contributed by atoms with Crippen LogP contribution in [-0.2, 0) is 17.6 Å². The van der Waals surface area contributed by atoms with Crippen molar-refractivity contribution in [2.24, 2.45) is 0 Å². The van der Waals surface area contributed by atoms with Crippen molar-refractivity contribution in [3.05, 3.63) is 29.7 Å². The van der Waals surface area contributed by atoms with Gasteiger partial charge in [-0.25, -0.2) is 9.67 Å². The van der Waals surface area contributed by atoms with Gasteiger partial charge < -0.3 is 9.52 Å². The number of oxazole rings is 1. The molecule has 1 N–H and O–H groups in total. The highest BCUT2D eigenvalue weighted by molar-refractivity contribution is 5.12. The zero-order valence-electron chi connectivity index (χ0n) is 15.2. The van der Waals surface area contributed by atoms with Gasteiger partial charge in [0.05, 0.1) is 18.9 Å². The molecule has 1 saturated heterocycles. The van der Waals surface area contributed by atoms with E-state index in [1.54, 1.807) is 10.9 Å². The predicted molar refractivity (Wildman–Crippen MR) is 89.4 cm³/mol. The fraction of sp³-hybridized carbons (Fsp3) is 0.706. The smallest absolute Gasteiger partial charge is 0.208 e. The molecule has 7 nitrogen and oxygen atoms in total. The van der Waals surface area contributed by atoms with Crippen LogP contribution in [0.1, 0.15) is 64.4 Å². The molecule has 1 aliphatic rings. The van der Waals surface area contributed by atoms with E-state index in [1.807, 2.05) is 20.0 Å². The van der Waals surface area contributed by atoms with Crippen LogP contribution in [0.5, 0.6) is 0 Å². The summed E-state index contributed by atoms with van der Waals surface area (Å²) in [5, 5.41) is 19.2. The van der Waals surface area contributed by atoms with Gasteiger partial charge in [-0.05, 0) is 20.3 Å². The molecule has 0 spiro atoms. The predicted octanol–water partition coefficient (Wildman–Crippen LogP) is 2.24. The van der Waals surface area contributed by atoms with Crippen LogP contribution in [0.4, 0.5) is 0 Å². The van der Waals surface area contributed by atoms with Gasteiger partial charge in [0.15, 0.2) is 0 Å². The second-order valence-electron chi connectivity index (χ2n) is 8.04. The van der Waals surface area contributed by atoms with E-state index in [0.29, 0.717) is 31.1 Å². The van der Waals surface area contributed by atoms with Gasteiger partial charge in [-0.1, -0.05) is 26.0 Å². The van der Waals surface area contributed by atoms with E-state index in [1.165, 1.54) is 0 Å². The average molecular weight is 333 g/mol. The lowest BCUT2D eigenvalue weighted by Gasteiger charge is -2.20. The number of rotatable bonds is 4. The van der Waals surface area contributed by atoms with E-state index in [9.17, 15) is 5.11 Å². The Morgan fingerprint density at radius 1 is 1.38 bits per heavy atom. The van der Waals surface area contributed by atoms with Crippen LogP contribution < -0.4 is 0 Å². The SMILES string of the molecule is CC(C)n1cc([C@@]2(O)CCN(Cc3ncc(C(C)(C)C)o3)C2)nn1. The van der Waals surface area contributed by atoms with Crippen molar-refractivity contribution in [2.45, 2.75) is 64.6 Å². The molecule has 0 bridgehead atoms. The lowest BCUT2D eigenvalue weighted by atomic mass is 9.94. The van der Waals surface area contributed by atoms with Crippen LogP contribution in [-0.4, -0.2) is 43.1 Å². The quantitative estimate of drug-likeness (QED) is 0.924. The number of aromatic nitrogens is 4. The molecule has 1 atom stereocenters. The molecule has 1 fully saturated rings. The Morgan fingerprint density at radius 3 is 2.71 bits per heavy atom. The molecular formula is C17H27N5O2. The minimum absolute atomic E-state index is 0.0493. The van der Waals surface area contributed by atoms with Gasteiger partial charge in [-0.15, -0.1) is 5.10 Å². The zero-order chi connectivity index (χ0) is 17.5. The van der Waals surface area contributed by atoms with Crippen molar-refractivity contribution in [1.82, 2.24) is 24.9 Å². The summed E-state index contributed by atoms with van der Waals surface area (Å²) >= 11 is 0. The van der Waals surface area contributed by atoms with Gasteiger partial charge in [-0.2, -0.15) is 0 Å². The van der Waals surface area contributed by atoms with Crippen molar-refractivity contribution in [2.75, 3.05) is 13.1 Å². The van der Waals surface area contributed by atoms with Crippen molar-refractivity contribution >= 4 is 0 Å². The number of hydrogen-bond donors (Lipinski definition) is 1. The number of β-amino-alcohol motifs (C(OH)–C–C–N with tert-alkyl or cyclic N) is 1. The molecule has 3 heterocycles. The molecule has 0 amide bonds. The molecule has 24 heavy (non-hydrogen) atoms. The van der Waals surface area contributed by atoms with E-state index < -0.39 is 5.60 Å². The van der Waals surface area contributed by atoms with Gasteiger partial charge in [-0.3, -0.25) is 4.90 Å². The monoisotopic (exact) mass is 333 g/mol. The highest BCUT2D eigenvalue weighted by atomic mass is 16.4. The largest absolute Gasteiger partial charge is 0.444 e. The van der Waals surface area contributed by atoms with E-state index in [2.05, 4.69) is 41.0 Å². The highest BCUT2D eigenvalue weighted by Crippen LogP contribution is 2.32. The summed E-state index contributed by atoms with van der Waals surface area (Å²) in [6, 6.07) is 0.232. The fourth-order valence-electron chi connectivity index (χ4n) is 2.88. The Labute approximate surface area is 142 Å². The normalized spacial score (nSPS) is 22.6. The molecule has 0 aliphatic carbocycles. The van der Waals surface area contributed by atoms with Gasteiger partial charge in [0.2, 0.25) is 5.89 Å². The Morgan fingerprint density at radius 2 is 2.12 bits per heavy atom. The first-order chi connectivity index (χ1) is 11.2. The molecule has 1 aliphatic heterocycles. The van der Waals surface area contributed by atoms with Crippen LogP contribution in [0.15, 0.2) is 16.8 Å². The third kappa shape index (κ3) is 3.37. The standard InChI is InChI=1S/C17H27N5O2/c1-12(2)22-9-13(19-20-22)17(23)6-7-21(11-17)10-15-18-8-14(24-15)16(3,4)5/h8-9,12,23H,6-7,10-11H2,1-5H3/t17-/m1/s1. The van der Waals surface area contributed by atoms with E-state index in [-0.39, 0.29) is 11.5 Å². The Hall–Kier alpha value is -1.73. The highest BCUT2D eigenvalue weighted by Gasteiger charge is 2.40. The first-order valence-electron chi connectivity index (χ1n) is 8.50. The van der Waals surface area contributed by atoms with Gasteiger partial charge >= 0.3 is 0 Å². The van der Waals surface area contributed by atoms with Crippen LogP contribution in [0.25, 0.3) is 0 Å². The summed E-state index contributed by atoms with van der Waals surface area (Å²) in [5.74, 6) is 1.57. The van der Waals surface area contributed by atoms with E-state index in [0.717, 1.165) is 12.3 Å². The van der Waals surface area contributed by atoms with Crippen molar-refractivity contribution in [3.8, 4) is 0 Å². The van der Waals surface area contributed by atoms with E-state index in [4.69, 9.17) is 4.42 Å². The Kier molecular flexibility index (Phi) is 4.25. The minimum atomic E-state index is -0.952. The first-order valence-corrected chi connectivity index (χ1v) is 8.50. The molecule has 0 radical (unpaired) electrons. The maximum Gasteiger partial charge on any atom is 0.208 e. The second-order valence-corrected chi connectivity index (χ2v) is 8.04. The lowest BCUT2D eigenvalue weighted by molar-refractivity contribution is 0.0399. The fourth-order valence-corrected chi connectivity index (χ4v) is 2.88. The van der Waals surface area contributed by atoms with Gasteiger partial charge in [0.25, 0.3) is 0 Å². The number of hydrogen-bond acceptors (Lipinski definition) is 6. The van der Waals surface area contributed by atoms with Gasteiger partial charge in [0, 0.05) is 24.5 Å². The summed E-state index contributed by atoms with van der Waals surface area (Å²) < 4.78 is 7.63. The maximum absolute atomic E-state index is 10.9. The number of nitrogens with zero attached hydrogens (tertiary/aromatic N) is 5. The third-order valence-electron chi connectivity index (χ3n) is 4.49. The van der Waals surface area contributed by atoms with Gasteiger partial charge in [0.1, 0.15) is 17.1 Å². The van der Waals surface area contributed by atoms with Crippen LogP contribution in [0, 0.1) is 0 Å². The molecule has 132 valence electrons. The molecule has 0 unspecified atom stereocenters. The van der Waals surface area contributed by atoms with Crippen molar-refractivity contribution < 1.29 is 9.52 Å². The molecule has 0 saturated carbocycles. The van der Waals surface area contributed by atoms with Crippen molar-refractivity contribution in [3.63, 3.8) is 0 Å². The molecule has 7 heteroatoms. The lowest BCUT2D eigenvalue weighted by Crippen LogP contribution is -2.31. The van der Waals surface area contributed by atoms with Crippen LogP contribution in [0.3, 0.4) is 0 Å². The summed E-state index contributed by atoms with van der Waals surface area (Å²) in [6.07, 6.45) is 4.28. The second kappa shape index (κ2) is 5.97. The summed E-state index contributed by atoms with van der Waals surface area (Å²) in [7, 11) is 0. The molecule has 2 aromatic heterocycles. The van der Waals surface area contributed by atoms with Crippen LogP contribution in [0.2, 0.25) is 0 Å². The molecule has 0 aromatic carbocycles. The summed E-state index contributed by atoms with van der Waals surface area (Å²) in [6.45, 7) is 12.3. The van der Waals surface area contributed by atoms with E-state index >= 15 is 0 Å². The Balaban J connectivity index is 1.67. The maximum atomic E-state index is 10.9. The summed E-state index contributed by atoms with van der Waals surface area (Å²) in [5.41, 5.74) is -0.361.